The quantitative estimate of drug-likeness (QED) is 0.616. The van der Waals surface area contributed by atoms with Crippen molar-refractivity contribution in [3.63, 3.8) is 0 Å². The van der Waals surface area contributed by atoms with Crippen molar-refractivity contribution in [2.24, 2.45) is 0 Å². The monoisotopic (exact) mass is 390 g/mol. The van der Waals surface area contributed by atoms with Crippen LogP contribution in [0.25, 0.3) is 0 Å². The molecule has 0 unspecified atom stereocenters. The normalized spacial score (nSPS) is 24.9. The largest absolute Gasteiger partial charge is 0.306 e. The fourth-order valence-corrected chi connectivity index (χ4v) is 5.47. The number of carbonyl (C=O) groups is 1. The van der Waals surface area contributed by atoms with E-state index >= 15 is 0 Å². The minimum absolute atomic E-state index is 0. The third-order valence-electron chi connectivity index (χ3n) is 7.04. The zero-order valence-electron chi connectivity index (χ0n) is 16.6. The van der Waals surface area contributed by atoms with Gasteiger partial charge in [-0.1, -0.05) is 63.1 Å². The van der Waals surface area contributed by atoms with Crippen molar-refractivity contribution in [1.29, 1.82) is 0 Å². The first kappa shape index (κ1) is 20.7. The van der Waals surface area contributed by atoms with Crippen LogP contribution in [-0.4, -0.2) is 35.5 Å². The molecule has 3 aliphatic rings. The minimum Gasteiger partial charge on any atom is -0.306 e. The predicted octanol–water partition coefficient (Wildman–Crippen LogP) is 5.57. The number of hydrogen-bond acceptors (Lipinski definition) is 2. The van der Waals surface area contributed by atoms with Crippen LogP contribution in [0.5, 0.6) is 0 Å². The van der Waals surface area contributed by atoms with Gasteiger partial charge in [0.1, 0.15) is 0 Å². The van der Waals surface area contributed by atoms with E-state index in [2.05, 4.69) is 21.9 Å². The van der Waals surface area contributed by atoms with Crippen molar-refractivity contribution in [1.82, 2.24) is 4.90 Å². The van der Waals surface area contributed by atoms with Crippen LogP contribution in [0.4, 0.5) is 5.69 Å². The molecule has 2 aliphatic heterocycles. The van der Waals surface area contributed by atoms with E-state index < -0.39 is 0 Å². The van der Waals surface area contributed by atoms with Crippen LogP contribution >= 0.6 is 12.4 Å². The Morgan fingerprint density at radius 1 is 0.815 bits per heavy atom. The van der Waals surface area contributed by atoms with E-state index in [1.807, 2.05) is 18.2 Å². The minimum atomic E-state index is 0. The summed E-state index contributed by atoms with van der Waals surface area (Å²) in [7, 11) is 0. The van der Waals surface area contributed by atoms with E-state index in [1.54, 1.807) is 0 Å². The van der Waals surface area contributed by atoms with Crippen LogP contribution in [0.1, 0.15) is 77.0 Å². The standard InChI is InChI=1S/C23H34N2O.ClH/c26-22-19-23(25(22)21-13-9-6-10-14-21)15-17-24(18-16-23)20-11-7-4-2-1-3-5-8-12-20;/h6,9-10,13-14,20H,1-5,7-8,11-12,15-19H2;1H. The number of nitrogens with zero attached hydrogens (tertiary/aromatic N) is 2. The van der Waals surface area contributed by atoms with Crippen LogP contribution in [0.3, 0.4) is 0 Å². The number of β-lactam (4-membered cyclic amide) rings is 1. The molecule has 27 heavy (non-hydrogen) atoms. The van der Waals surface area contributed by atoms with Gasteiger partial charge in [0.05, 0.1) is 12.0 Å². The maximum Gasteiger partial charge on any atom is 0.229 e. The molecule has 2 heterocycles. The van der Waals surface area contributed by atoms with Crippen LogP contribution in [0.15, 0.2) is 30.3 Å². The summed E-state index contributed by atoms with van der Waals surface area (Å²) in [6.07, 6.45) is 15.8. The van der Waals surface area contributed by atoms with E-state index in [1.165, 1.54) is 70.9 Å². The molecule has 1 aromatic carbocycles. The van der Waals surface area contributed by atoms with Gasteiger partial charge in [-0.05, 0) is 37.8 Å². The number of benzene rings is 1. The molecule has 1 aliphatic carbocycles. The number of amides is 1. The third kappa shape index (κ3) is 4.51. The van der Waals surface area contributed by atoms with Crippen LogP contribution in [0.2, 0.25) is 0 Å². The number of anilines is 1. The average molecular weight is 391 g/mol. The van der Waals surface area contributed by atoms with Gasteiger partial charge >= 0.3 is 0 Å². The third-order valence-corrected chi connectivity index (χ3v) is 7.04. The van der Waals surface area contributed by atoms with Gasteiger partial charge in [-0.3, -0.25) is 4.79 Å². The molecule has 1 saturated carbocycles. The summed E-state index contributed by atoms with van der Waals surface area (Å²) in [4.78, 5) is 17.2. The van der Waals surface area contributed by atoms with Gasteiger partial charge in [-0.15, -0.1) is 12.4 Å². The number of likely N-dealkylation sites (tertiary alicyclic amines) is 1. The topological polar surface area (TPSA) is 23.6 Å². The average Bonchev–Trinajstić information content (AvgIpc) is 2.67. The summed E-state index contributed by atoms with van der Waals surface area (Å²) in [6.45, 7) is 2.34. The van der Waals surface area contributed by atoms with Crippen molar-refractivity contribution in [2.75, 3.05) is 18.0 Å². The van der Waals surface area contributed by atoms with Crippen molar-refractivity contribution in [3.05, 3.63) is 30.3 Å². The molecular weight excluding hydrogens is 356 g/mol. The maximum absolute atomic E-state index is 12.4. The molecule has 1 aromatic rings. The summed E-state index contributed by atoms with van der Waals surface area (Å²) in [5.41, 5.74) is 1.20. The van der Waals surface area contributed by atoms with E-state index in [0.717, 1.165) is 31.0 Å². The van der Waals surface area contributed by atoms with E-state index in [9.17, 15) is 4.79 Å². The Labute approximate surface area is 170 Å². The Kier molecular flexibility index (Phi) is 7.22. The molecule has 0 atom stereocenters. The zero-order valence-corrected chi connectivity index (χ0v) is 17.4. The molecule has 0 radical (unpaired) electrons. The van der Waals surface area contributed by atoms with E-state index in [4.69, 9.17) is 0 Å². The second kappa shape index (κ2) is 9.43. The lowest BCUT2D eigenvalue weighted by Gasteiger charge is -2.56. The van der Waals surface area contributed by atoms with E-state index in [0.29, 0.717) is 5.91 Å². The summed E-state index contributed by atoms with van der Waals surface area (Å²) >= 11 is 0. The number of hydrogen-bond donors (Lipinski definition) is 0. The molecule has 0 bridgehead atoms. The second-order valence-corrected chi connectivity index (χ2v) is 8.71. The number of piperidine rings is 1. The van der Waals surface area contributed by atoms with Crippen molar-refractivity contribution >= 4 is 24.0 Å². The predicted molar refractivity (Wildman–Crippen MR) is 115 cm³/mol. The molecule has 4 rings (SSSR count). The van der Waals surface area contributed by atoms with Gasteiger partial charge in [0.25, 0.3) is 0 Å². The lowest BCUT2D eigenvalue weighted by atomic mass is 9.75. The highest BCUT2D eigenvalue weighted by atomic mass is 35.5. The lowest BCUT2D eigenvalue weighted by molar-refractivity contribution is -0.129. The fourth-order valence-electron chi connectivity index (χ4n) is 5.47. The van der Waals surface area contributed by atoms with Crippen molar-refractivity contribution < 1.29 is 4.79 Å². The number of rotatable bonds is 2. The highest BCUT2D eigenvalue weighted by Gasteiger charge is 2.52. The molecule has 150 valence electrons. The SMILES string of the molecule is Cl.O=C1CC2(CCN(C3CCCCCCCCC3)CC2)N1c1ccccc1. The Morgan fingerprint density at radius 2 is 1.37 bits per heavy atom. The molecule has 0 aromatic heterocycles. The highest BCUT2D eigenvalue weighted by Crippen LogP contribution is 2.44. The Hall–Kier alpha value is -1.06. The van der Waals surface area contributed by atoms with Crippen molar-refractivity contribution in [3.8, 4) is 0 Å². The van der Waals surface area contributed by atoms with Crippen LogP contribution in [0, 0.1) is 0 Å². The molecule has 1 spiro atoms. The zero-order chi connectivity index (χ0) is 17.8. The highest BCUT2D eigenvalue weighted by molar-refractivity contribution is 6.02. The van der Waals surface area contributed by atoms with Gasteiger partial charge in [0.2, 0.25) is 5.91 Å². The first-order valence-electron chi connectivity index (χ1n) is 10.9. The Bertz CT molecular complexity index is 588. The van der Waals surface area contributed by atoms with Crippen LogP contribution in [-0.2, 0) is 4.79 Å². The van der Waals surface area contributed by atoms with Gasteiger partial charge in [0, 0.05) is 24.8 Å². The molecule has 3 nitrogen and oxygen atoms in total. The molecule has 2 saturated heterocycles. The Balaban J connectivity index is 0.00000210. The number of carbonyl (C=O) groups excluding carboxylic acids is 1. The molecule has 0 N–H and O–H groups in total. The summed E-state index contributed by atoms with van der Waals surface area (Å²) in [5, 5.41) is 0. The first-order chi connectivity index (χ1) is 12.8. The second-order valence-electron chi connectivity index (χ2n) is 8.71. The fraction of sp³-hybridized carbons (Fsp3) is 0.696. The first-order valence-corrected chi connectivity index (χ1v) is 10.9. The maximum atomic E-state index is 12.4. The lowest BCUT2D eigenvalue weighted by Crippen LogP contribution is -2.68. The molecule has 4 heteroatoms. The van der Waals surface area contributed by atoms with Gasteiger partial charge < -0.3 is 9.80 Å². The van der Waals surface area contributed by atoms with Crippen molar-refractivity contribution in [2.45, 2.75) is 88.6 Å². The van der Waals surface area contributed by atoms with E-state index in [-0.39, 0.29) is 17.9 Å². The molecular formula is C23H35ClN2O. The molecule has 1 amide bonds. The molecule has 3 fully saturated rings. The summed E-state index contributed by atoms with van der Waals surface area (Å²) in [5.74, 6) is 0.309. The summed E-state index contributed by atoms with van der Waals surface area (Å²) < 4.78 is 0. The van der Waals surface area contributed by atoms with Gasteiger partial charge in [-0.2, -0.15) is 0 Å². The number of para-hydroxylation sites is 1. The smallest absolute Gasteiger partial charge is 0.229 e. The summed E-state index contributed by atoms with van der Waals surface area (Å²) in [6, 6.07) is 11.1. The Morgan fingerprint density at radius 3 is 1.93 bits per heavy atom. The van der Waals surface area contributed by atoms with Crippen LogP contribution < -0.4 is 4.90 Å². The number of halogens is 1. The van der Waals surface area contributed by atoms with Gasteiger partial charge in [-0.25, -0.2) is 0 Å². The van der Waals surface area contributed by atoms with Gasteiger partial charge in [0.15, 0.2) is 0 Å².